The molecule has 0 amide bonds. The second-order valence-corrected chi connectivity index (χ2v) is 5.02. The summed E-state index contributed by atoms with van der Waals surface area (Å²) in [7, 11) is 0. The highest BCUT2D eigenvalue weighted by atomic mass is 35.5. The largest absolute Gasteiger partial charge is 0.350 e. The standard InChI is InChI=1S/C13H15ClN4/c14-10-4-3-9-7-16-13(18-12(9)6-10)17-11-2-1-5-15-8-11/h3-4,6-7,11,15H,1-2,5,8H2,(H,16,17,18)/t11-/m1/s1. The maximum absolute atomic E-state index is 5.97. The van der Waals surface area contributed by atoms with Gasteiger partial charge < -0.3 is 10.6 Å². The Morgan fingerprint density at radius 2 is 2.33 bits per heavy atom. The van der Waals surface area contributed by atoms with Crippen molar-refractivity contribution < 1.29 is 0 Å². The van der Waals surface area contributed by atoms with Crippen LogP contribution < -0.4 is 10.6 Å². The fraction of sp³-hybridized carbons (Fsp3) is 0.385. The number of anilines is 1. The van der Waals surface area contributed by atoms with Gasteiger partial charge in [-0.05, 0) is 37.6 Å². The van der Waals surface area contributed by atoms with Crippen LogP contribution in [0.1, 0.15) is 12.8 Å². The Hall–Kier alpha value is -1.39. The fourth-order valence-corrected chi connectivity index (χ4v) is 2.39. The lowest BCUT2D eigenvalue weighted by molar-refractivity contribution is 0.478. The predicted molar refractivity (Wildman–Crippen MR) is 74.1 cm³/mol. The summed E-state index contributed by atoms with van der Waals surface area (Å²) in [5, 5.41) is 8.43. The molecule has 0 aliphatic carbocycles. The minimum atomic E-state index is 0.412. The van der Waals surface area contributed by atoms with Gasteiger partial charge in [0.25, 0.3) is 0 Å². The van der Waals surface area contributed by atoms with Gasteiger partial charge in [-0.2, -0.15) is 0 Å². The zero-order valence-corrected chi connectivity index (χ0v) is 10.7. The number of fused-ring (bicyclic) bond motifs is 1. The first-order chi connectivity index (χ1) is 8.81. The lowest BCUT2D eigenvalue weighted by Crippen LogP contribution is -2.38. The summed E-state index contributed by atoms with van der Waals surface area (Å²) in [5.41, 5.74) is 0.878. The van der Waals surface area contributed by atoms with Gasteiger partial charge in [0.05, 0.1) is 5.52 Å². The van der Waals surface area contributed by atoms with Crippen LogP contribution in [-0.2, 0) is 0 Å². The van der Waals surface area contributed by atoms with Crippen LogP contribution >= 0.6 is 11.6 Å². The van der Waals surface area contributed by atoms with Gasteiger partial charge in [-0.25, -0.2) is 9.97 Å². The van der Waals surface area contributed by atoms with Crippen LogP contribution in [0.3, 0.4) is 0 Å². The number of hydrogen-bond acceptors (Lipinski definition) is 4. The number of hydrogen-bond donors (Lipinski definition) is 2. The molecule has 1 aliphatic rings. The molecule has 1 aliphatic heterocycles. The third-order valence-electron chi connectivity index (χ3n) is 3.17. The van der Waals surface area contributed by atoms with Crippen LogP contribution in [0.2, 0.25) is 5.02 Å². The van der Waals surface area contributed by atoms with Crippen LogP contribution in [-0.4, -0.2) is 29.1 Å². The van der Waals surface area contributed by atoms with E-state index in [-0.39, 0.29) is 0 Å². The molecule has 0 saturated carbocycles. The van der Waals surface area contributed by atoms with E-state index in [1.165, 1.54) is 6.42 Å². The lowest BCUT2D eigenvalue weighted by atomic mass is 10.1. The smallest absolute Gasteiger partial charge is 0.223 e. The molecule has 94 valence electrons. The molecule has 4 nitrogen and oxygen atoms in total. The zero-order chi connectivity index (χ0) is 12.4. The molecular formula is C13H15ClN4. The monoisotopic (exact) mass is 262 g/mol. The number of piperidine rings is 1. The number of benzene rings is 1. The molecule has 3 rings (SSSR count). The minimum Gasteiger partial charge on any atom is -0.350 e. The summed E-state index contributed by atoms with van der Waals surface area (Å²) >= 11 is 5.97. The van der Waals surface area contributed by atoms with Crippen molar-refractivity contribution in [1.82, 2.24) is 15.3 Å². The van der Waals surface area contributed by atoms with Crippen molar-refractivity contribution in [2.45, 2.75) is 18.9 Å². The molecule has 18 heavy (non-hydrogen) atoms. The highest BCUT2D eigenvalue weighted by molar-refractivity contribution is 6.31. The van der Waals surface area contributed by atoms with E-state index >= 15 is 0 Å². The van der Waals surface area contributed by atoms with E-state index in [1.54, 1.807) is 0 Å². The molecule has 0 bridgehead atoms. The van der Waals surface area contributed by atoms with Gasteiger partial charge in [0.1, 0.15) is 0 Å². The molecule has 1 aromatic heterocycles. The number of nitrogens with one attached hydrogen (secondary N) is 2. The fourth-order valence-electron chi connectivity index (χ4n) is 2.22. The van der Waals surface area contributed by atoms with Gasteiger partial charge in [0.15, 0.2) is 0 Å². The van der Waals surface area contributed by atoms with Crippen molar-refractivity contribution in [2.75, 3.05) is 18.4 Å². The maximum Gasteiger partial charge on any atom is 0.223 e. The average molecular weight is 263 g/mol. The molecule has 1 saturated heterocycles. The first-order valence-electron chi connectivity index (χ1n) is 6.21. The molecule has 1 fully saturated rings. The van der Waals surface area contributed by atoms with E-state index in [9.17, 15) is 0 Å². The Morgan fingerprint density at radius 1 is 1.39 bits per heavy atom. The summed E-state index contributed by atoms with van der Waals surface area (Å²) < 4.78 is 0. The number of rotatable bonds is 2. The second kappa shape index (κ2) is 5.08. The van der Waals surface area contributed by atoms with E-state index in [2.05, 4.69) is 20.6 Å². The molecular weight excluding hydrogens is 248 g/mol. The Morgan fingerprint density at radius 3 is 3.17 bits per heavy atom. The van der Waals surface area contributed by atoms with Gasteiger partial charge in [-0.15, -0.1) is 0 Å². The summed E-state index contributed by atoms with van der Waals surface area (Å²) in [4.78, 5) is 8.83. The molecule has 0 spiro atoms. The van der Waals surface area contributed by atoms with Gasteiger partial charge in [-0.3, -0.25) is 0 Å². The molecule has 5 heteroatoms. The quantitative estimate of drug-likeness (QED) is 0.873. The van der Waals surface area contributed by atoms with E-state index in [0.29, 0.717) is 17.0 Å². The Kier molecular flexibility index (Phi) is 3.30. The van der Waals surface area contributed by atoms with Crippen molar-refractivity contribution in [3.8, 4) is 0 Å². The van der Waals surface area contributed by atoms with Gasteiger partial charge in [0.2, 0.25) is 5.95 Å². The van der Waals surface area contributed by atoms with E-state index in [4.69, 9.17) is 11.6 Å². The normalized spacial score (nSPS) is 19.9. The van der Waals surface area contributed by atoms with Crippen LogP contribution in [0, 0.1) is 0 Å². The Labute approximate surface area is 111 Å². The third-order valence-corrected chi connectivity index (χ3v) is 3.41. The van der Waals surface area contributed by atoms with E-state index in [0.717, 1.165) is 30.4 Å². The van der Waals surface area contributed by atoms with Crippen molar-refractivity contribution in [3.05, 3.63) is 29.4 Å². The van der Waals surface area contributed by atoms with Gasteiger partial charge in [0, 0.05) is 29.2 Å². The average Bonchev–Trinajstić information content (AvgIpc) is 2.39. The number of nitrogens with zero attached hydrogens (tertiary/aromatic N) is 2. The van der Waals surface area contributed by atoms with Crippen LogP contribution in [0.15, 0.2) is 24.4 Å². The highest BCUT2D eigenvalue weighted by Crippen LogP contribution is 2.18. The third kappa shape index (κ3) is 2.54. The molecule has 2 N–H and O–H groups in total. The molecule has 1 atom stereocenters. The molecule has 0 radical (unpaired) electrons. The summed E-state index contributed by atoms with van der Waals surface area (Å²) in [5.74, 6) is 0.679. The van der Waals surface area contributed by atoms with Gasteiger partial charge in [-0.1, -0.05) is 11.6 Å². The SMILES string of the molecule is Clc1ccc2cnc(N[C@@H]3CCCNC3)nc2c1. The highest BCUT2D eigenvalue weighted by Gasteiger charge is 2.13. The molecule has 2 heterocycles. The first kappa shape index (κ1) is 11.7. The van der Waals surface area contributed by atoms with Crippen molar-refractivity contribution in [2.24, 2.45) is 0 Å². The number of aromatic nitrogens is 2. The Balaban J connectivity index is 1.83. The summed E-state index contributed by atoms with van der Waals surface area (Å²) in [6, 6.07) is 6.06. The minimum absolute atomic E-state index is 0.412. The lowest BCUT2D eigenvalue weighted by Gasteiger charge is -2.23. The van der Waals surface area contributed by atoms with E-state index in [1.807, 2.05) is 24.4 Å². The van der Waals surface area contributed by atoms with Crippen molar-refractivity contribution >= 4 is 28.5 Å². The first-order valence-corrected chi connectivity index (χ1v) is 6.58. The second-order valence-electron chi connectivity index (χ2n) is 4.58. The van der Waals surface area contributed by atoms with Crippen molar-refractivity contribution in [1.29, 1.82) is 0 Å². The topological polar surface area (TPSA) is 49.8 Å². The maximum atomic E-state index is 5.97. The van der Waals surface area contributed by atoms with Crippen LogP contribution in [0.4, 0.5) is 5.95 Å². The predicted octanol–water partition coefficient (Wildman–Crippen LogP) is 2.45. The summed E-state index contributed by atoms with van der Waals surface area (Å²) in [6.45, 7) is 2.07. The van der Waals surface area contributed by atoms with Crippen molar-refractivity contribution in [3.63, 3.8) is 0 Å². The van der Waals surface area contributed by atoms with Gasteiger partial charge >= 0.3 is 0 Å². The number of halogens is 1. The molecule has 0 unspecified atom stereocenters. The molecule has 1 aromatic carbocycles. The van der Waals surface area contributed by atoms with E-state index < -0.39 is 0 Å². The zero-order valence-electron chi connectivity index (χ0n) is 9.99. The Bertz CT molecular complexity index is 552. The van der Waals surface area contributed by atoms with Crippen LogP contribution in [0.25, 0.3) is 10.9 Å². The summed E-state index contributed by atoms with van der Waals surface area (Å²) in [6.07, 6.45) is 4.18. The van der Waals surface area contributed by atoms with Crippen LogP contribution in [0.5, 0.6) is 0 Å². The molecule has 2 aromatic rings.